The highest BCUT2D eigenvalue weighted by Crippen LogP contribution is 2.48. The first kappa shape index (κ1) is 11.2. The van der Waals surface area contributed by atoms with Crippen molar-refractivity contribution in [2.75, 3.05) is 25.5 Å². The molecule has 0 amide bonds. The first-order chi connectivity index (χ1) is 7.79. The highest BCUT2D eigenvalue weighted by molar-refractivity contribution is 5.49. The van der Waals surface area contributed by atoms with E-state index in [4.69, 9.17) is 10.5 Å². The fraction of sp³-hybridized carbons (Fsp3) is 0.583. The molecule has 0 radical (unpaired) electrons. The number of nitrogens with one attached hydrogen (secondary N) is 1. The lowest BCUT2D eigenvalue weighted by molar-refractivity contribution is 0.413. The largest absolute Gasteiger partial charge is 0.493 e. The van der Waals surface area contributed by atoms with Crippen LogP contribution in [0.15, 0.2) is 18.3 Å². The standard InChI is InChI=1S/C12H19N3O/c1-16-10-3-2-8-14-11(10)15-9-12(4-5-12)6-7-13/h2-3,8H,4-7,9,13H2,1H3,(H,14,15). The van der Waals surface area contributed by atoms with Crippen molar-refractivity contribution in [3.05, 3.63) is 18.3 Å². The summed E-state index contributed by atoms with van der Waals surface area (Å²) in [6.45, 7) is 1.71. The van der Waals surface area contributed by atoms with E-state index >= 15 is 0 Å². The van der Waals surface area contributed by atoms with Gasteiger partial charge in [-0.3, -0.25) is 0 Å². The normalized spacial score (nSPS) is 16.9. The van der Waals surface area contributed by atoms with Crippen LogP contribution in [0.4, 0.5) is 5.82 Å². The van der Waals surface area contributed by atoms with Gasteiger partial charge in [0.1, 0.15) is 0 Å². The Morgan fingerprint density at radius 2 is 2.38 bits per heavy atom. The minimum Gasteiger partial charge on any atom is -0.493 e. The van der Waals surface area contributed by atoms with Gasteiger partial charge in [-0.1, -0.05) is 0 Å². The van der Waals surface area contributed by atoms with Gasteiger partial charge in [0.05, 0.1) is 7.11 Å². The van der Waals surface area contributed by atoms with E-state index in [1.54, 1.807) is 13.3 Å². The molecule has 3 N–H and O–H groups in total. The Morgan fingerprint density at radius 1 is 1.56 bits per heavy atom. The molecule has 1 saturated carbocycles. The zero-order chi connectivity index (χ0) is 11.4. The summed E-state index contributed by atoms with van der Waals surface area (Å²) in [6.07, 6.45) is 5.40. The average Bonchev–Trinajstić information content (AvgIpc) is 3.08. The number of hydrogen-bond acceptors (Lipinski definition) is 4. The van der Waals surface area contributed by atoms with E-state index in [0.717, 1.165) is 31.1 Å². The first-order valence-corrected chi connectivity index (χ1v) is 5.73. The number of ether oxygens (including phenoxy) is 1. The van der Waals surface area contributed by atoms with Crippen LogP contribution in [0, 0.1) is 5.41 Å². The Hall–Kier alpha value is -1.29. The Kier molecular flexibility index (Phi) is 3.29. The van der Waals surface area contributed by atoms with Crippen LogP contribution in [0.3, 0.4) is 0 Å². The van der Waals surface area contributed by atoms with E-state index < -0.39 is 0 Å². The van der Waals surface area contributed by atoms with Crippen LogP contribution in [0.5, 0.6) is 5.75 Å². The summed E-state index contributed by atoms with van der Waals surface area (Å²) in [5.74, 6) is 1.62. The quantitative estimate of drug-likeness (QED) is 0.766. The molecule has 0 bridgehead atoms. The lowest BCUT2D eigenvalue weighted by Crippen LogP contribution is -2.19. The van der Waals surface area contributed by atoms with Gasteiger partial charge in [-0.15, -0.1) is 0 Å². The summed E-state index contributed by atoms with van der Waals surface area (Å²) < 4.78 is 5.24. The van der Waals surface area contributed by atoms with E-state index in [1.807, 2.05) is 12.1 Å². The number of nitrogens with two attached hydrogens (primary N) is 1. The van der Waals surface area contributed by atoms with E-state index in [9.17, 15) is 0 Å². The zero-order valence-corrected chi connectivity index (χ0v) is 9.70. The molecule has 0 spiro atoms. The molecule has 88 valence electrons. The van der Waals surface area contributed by atoms with Gasteiger partial charge in [0, 0.05) is 12.7 Å². The number of pyridine rings is 1. The first-order valence-electron chi connectivity index (χ1n) is 5.73. The van der Waals surface area contributed by atoms with Gasteiger partial charge >= 0.3 is 0 Å². The second-order valence-corrected chi connectivity index (χ2v) is 4.45. The van der Waals surface area contributed by atoms with Gasteiger partial charge in [-0.25, -0.2) is 4.98 Å². The number of hydrogen-bond donors (Lipinski definition) is 2. The van der Waals surface area contributed by atoms with Gasteiger partial charge in [-0.05, 0) is 43.4 Å². The van der Waals surface area contributed by atoms with Crippen LogP contribution >= 0.6 is 0 Å². The second-order valence-electron chi connectivity index (χ2n) is 4.45. The third-order valence-electron chi connectivity index (χ3n) is 3.25. The van der Waals surface area contributed by atoms with Crippen LogP contribution in [-0.4, -0.2) is 25.2 Å². The smallest absolute Gasteiger partial charge is 0.168 e. The van der Waals surface area contributed by atoms with Gasteiger partial charge in [0.2, 0.25) is 0 Å². The predicted molar refractivity (Wildman–Crippen MR) is 64.6 cm³/mol. The summed E-state index contributed by atoms with van der Waals surface area (Å²) in [5.41, 5.74) is 6.03. The Balaban J connectivity index is 1.94. The molecule has 2 rings (SSSR count). The molecule has 4 heteroatoms. The number of methoxy groups -OCH3 is 1. The van der Waals surface area contributed by atoms with Gasteiger partial charge in [-0.2, -0.15) is 0 Å². The third-order valence-corrected chi connectivity index (χ3v) is 3.25. The zero-order valence-electron chi connectivity index (χ0n) is 9.70. The third kappa shape index (κ3) is 2.44. The highest BCUT2D eigenvalue weighted by Gasteiger charge is 2.41. The fourth-order valence-electron chi connectivity index (χ4n) is 1.96. The molecule has 1 fully saturated rings. The highest BCUT2D eigenvalue weighted by atomic mass is 16.5. The van der Waals surface area contributed by atoms with Crippen molar-refractivity contribution in [3.63, 3.8) is 0 Å². The van der Waals surface area contributed by atoms with E-state index in [2.05, 4.69) is 10.3 Å². The maximum atomic E-state index is 5.61. The molecule has 16 heavy (non-hydrogen) atoms. The molecule has 1 heterocycles. The van der Waals surface area contributed by atoms with Gasteiger partial charge in [0.25, 0.3) is 0 Å². The lowest BCUT2D eigenvalue weighted by atomic mass is 10.0. The summed E-state index contributed by atoms with van der Waals surface area (Å²) >= 11 is 0. The van der Waals surface area contributed by atoms with Crippen molar-refractivity contribution >= 4 is 5.82 Å². The SMILES string of the molecule is COc1cccnc1NCC1(CCN)CC1. The summed E-state index contributed by atoms with van der Waals surface area (Å²) in [7, 11) is 1.66. The van der Waals surface area contributed by atoms with Gasteiger partial charge in [0.15, 0.2) is 11.6 Å². The van der Waals surface area contributed by atoms with Crippen LogP contribution in [0.1, 0.15) is 19.3 Å². The van der Waals surface area contributed by atoms with Crippen LogP contribution in [0.2, 0.25) is 0 Å². The number of aromatic nitrogens is 1. The number of nitrogens with zero attached hydrogens (tertiary/aromatic N) is 1. The predicted octanol–water partition coefficient (Wildman–Crippen LogP) is 1.63. The van der Waals surface area contributed by atoms with Crippen LogP contribution in [0.25, 0.3) is 0 Å². The molecule has 0 aliphatic heterocycles. The van der Waals surface area contributed by atoms with Gasteiger partial charge < -0.3 is 15.8 Å². The number of rotatable bonds is 6. The van der Waals surface area contributed by atoms with Crippen LogP contribution in [-0.2, 0) is 0 Å². The molecule has 1 aliphatic rings. The molecule has 0 saturated heterocycles. The van der Waals surface area contributed by atoms with Crippen molar-refractivity contribution in [2.24, 2.45) is 11.1 Å². The molecule has 0 unspecified atom stereocenters. The van der Waals surface area contributed by atoms with E-state index in [-0.39, 0.29) is 0 Å². The minimum absolute atomic E-state index is 0.414. The maximum absolute atomic E-state index is 5.61. The number of anilines is 1. The Labute approximate surface area is 96.2 Å². The molecular weight excluding hydrogens is 202 g/mol. The second kappa shape index (κ2) is 4.70. The average molecular weight is 221 g/mol. The molecule has 0 atom stereocenters. The minimum atomic E-state index is 0.414. The van der Waals surface area contributed by atoms with Crippen LogP contribution < -0.4 is 15.8 Å². The van der Waals surface area contributed by atoms with E-state index in [1.165, 1.54) is 12.8 Å². The molecule has 1 aromatic heterocycles. The molecular formula is C12H19N3O. The van der Waals surface area contributed by atoms with Crippen molar-refractivity contribution in [1.29, 1.82) is 0 Å². The Bertz CT molecular complexity index is 350. The summed E-state index contributed by atoms with van der Waals surface area (Å²) in [5, 5.41) is 3.36. The fourth-order valence-corrected chi connectivity index (χ4v) is 1.96. The van der Waals surface area contributed by atoms with E-state index in [0.29, 0.717) is 5.41 Å². The topological polar surface area (TPSA) is 60.2 Å². The molecule has 4 nitrogen and oxygen atoms in total. The molecule has 1 aliphatic carbocycles. The maximum Gasteiger partial charge on any atom is 0.168 e. The monoisotopic (exact) mass is 221 g/mol. The van der Waals surface area contributed by atoms with Crippen molar-refractivity contribution in [1.82, 2.24) is 4.98 Å². The van der Waals surface area contributed by atoms with Crippen molar-refractivity contribution in [2.45, 2.75) is 19.3 Å². The molecule has 1 aromatic rings. The lowest BCUT2D eigenvalue weighted by Gasteiger charge is -2.16. The van der Waals surface area contributed by atoms with Crippen molar-refractivity contribution in [3.8, 4) is 5.75 Å². The summed E-state index contributed by atoms with van der Waals surface area (Å²) in [6, 6.07) is 3.79. The Morgan fingerprint density at radius 3 is 3.00 bits per heavy atom. The molecule has 0 aromatic carbocycles. The summed E-state index contributed by atoms with van der Waals surface area (Å²) in [4.78, 5) is 4.27. The van der Waals surface area contributed by atoms with Crippen molar-refractivity contribution < 1.29 is 4.74 Å².